The summed E-state index contributed by atoms with van der Waals surface area (Å²) in [5.41, 5.74) is 5.16. The van der Waals surface area contributed by atoms with Gasteiger partial charge in [0, 0.05) is 6.20 Å². The summed E-state index contributed by atoms with van der Waals surface area (Å²) in [7, 11) is 0. The van der Waals surface area contributed by atoms with Crippen molar-refractivity contribution >= 4 is 5.69 Å². The van der Waals surface area contributed by atoms with E-state index < -0.39 is 0 Å². The molecule has 1 aromatic heterocycles. The van der Waals surface area contributed by atoms with Crippen molar-refractivity contribution in [3.63, 3.8) is 0 Å². The Kier molecular flexibility index (Phi) is 3.59. The number of ether oxygens (including phenoxy) is 1. The third kappa shape index (κ3) is 2.48. The maximum absolute atomic E-state index is 5.59. The van der Waals surface area contributed by atoms with Crippen molar-refractivity contribution < 1.29 is 4.74 Å². The van der Waals surface area contributed by atoms with Crippen molar-refractivity contribution in [3.8, 4) is 5.88 Å². The van der Waals surface area contributed by atoms with Crippen LogP contribution in [0.2, 0.25) is 0 Å². The Balaban J connectivity index is 1.85. The lowest BCUT2D eigenvalue weighted by Gasteiger charge is -2.18. The number of nitrogens with zero attached hydrogens (tertiary/aromatic N) is 1. The second-order valence-corrected chi connectivity index (χ2v) is 5.23. The normalized spacial score (nSPS) is 16.8. The van der Waals surface area contributed by atoms with Crippen LogP contribution in [0.4, 0.5) is 5.69 Å². The number of fused-ring (bicyclic) bond motifs is 1. The SMILES string of the molecule is CCOc1ncccc1NC1CCc2ccc(C)cc21. The largest absolute Gasteiger partial charge is 0.476 e. The highest BCUT2D eigenvalue weighted by molar-refractivity contribution is 5.55. The molecule has 1 aliphatic carbocycles. The van der Waals surface area contributed by atoms with Gasteiger partial charge in [0.05, 0.1) is 18.3 Å². The molecule has 0 radical (unpaired) electrons. The highest BCUT2D eigenvalue weighted by Crippen LogP contribution is 2.36. The summed E-state index contributed by atoms with van der Waals surface area (Å²) in [6.07, 6.45) is 4.03. The average molecular weight is 268 g/mol. The van der Waals surface area contributed by atoms with Gasteiger partial charge in [-0.05, 0) is 49.9 Å². The number of nitrogens with one attached hydrogen (secondary N) is 1. The monoisotopic (exact) mass is 268 g/mol. The van der Waals surface area contributed by atoms with Crippen LogP contribution in [0.3, 0.4) is 0 Å². The van der Waals surface area contributed by atoms with Gasteiger partial charge in [0.2, 0.25) is 5.88 Å². The Hall–Kier alpha value is -2.03. The summed E-state index contributed by atoms with van der Waals surface area (Å²) in [4.78, 5) is 4.30. The zero-order valence-corrected chi connectivity index (χ0v) is 12.0. The van der Waals surface area contributed by atoms with Gasteiger partial charge in [-0.1, -0.05) is 23.8 Å². The van der Waals surface area contributed by atoms with Gasteiger partial charge in [0.1, 0.15) is 0 Å². The maximum atomic E-state index is 5.59. The summed E-state index contributed by atoms with van der Waals surface area (Å²) in [5, 5.41) is 3.59. The molecular weight excluding hydrogens is 248 g/mol. The van der Waals surface area contributed by atoms with E-state index in [1.54, 1.807) is 6.20 Å². The molecule has 0 saturated carbocycles. The molecule has 0 bridgehead atoms. The highest BCUT2D eigenvalue weighted by Gasteiger charge is 2.23. The van der Waals surface area contributed by atoms with E-state index in [4.69, 9.17) is 4.74 Å². The predicted molar refractivity (Wildman–Crippen MR) is 81.3 cm³/mol. The average Bonchev–Trinajstić information content (AvgIpc) is 2.84. The van der Waals surface area contributed by atoms with Crippen molar-refractivity contribution in [2.75, 3.05) is 11.9 Å². The molecule has 0 fully saturated rings. The molecule has 1 unspecified atom stereocenters. The van der Waals surface area contributed by atoms with Gasteiger partial charge >= 0.3 is 0 Å². The molecule has 3 heteroatoms. The van der Waals surface area contributed by atoms with E-state index in [0.29, 0.717) is 18.5 Å². The highest BCUT2D eigenvalue weighted by atomic mass is 16.5. The van der Waals surface area contributed by atoms with E-state index in [2.05, 4.69) is 35.4 Å². The predicted octanol–water partition coefficient (Wildman–Crippen LogP) is 3.89. The fourth-order valence-corrected chi connectivity index (χ4v) is 2.81. The zero-order valence-electron chi connectivity index (χ0n) is 12.0. The first-order valence-electron chi connectivity index (χ1n) is 7.21. The quantitative estimate of drug-likeness (QED) is 0.913. The Morgan fingerprint density at radius 3 is 3.10 bits per heavy atom. The van der Waals surface area contributed by atoms with Gasteiger partial charge in [0.25, 0.3) is 0 Å². The fraction of sp³-hybridized carbons (Fsp3) is 0.353. The summed E-state index contributed by atoms with van der Waals surface area (Å²) < 4.78 is 5.59. The van der Waals surface area contributed by atoms with Crippen LogP contribution < -0.4 is 10.1 Å². The Labute approximate surface area is 120 Å². The van der Waals surface area contributed by atoms with Crippen molar-refractivity contribution in [1.82, 2.24) is 4.98 Å². The van der Waals surface area contributed by atoms with E-state index >= 15 is 0 Å². The first-order valence-corrected chi connectivity index (χ1v) is 7.21. The number of hydrogen-bond acceptors (Lipinski definition) is 3. The molecule has 3 rings (SSSR count). The molecule has 20 heavy (non-hydrogen) atoms. The molecule has 104 valence electrons. The molecule has 1 heterocycles. The molecule has 1 aliphatic rings. The lowest BCUT2D eigenvalue weighted by Crippen LogP contribution is -2.09. The molecular formula is C17H20N2O. The van der Waals surface area contributed by atoms with Crippen molar-refractivity contribution in [2.45, 2.75) is 32.7 Å². The number of benzene rings is 1. The first-order chi connectivity index (χ1) is 9.78. The topological polar surface area (TPSA) is 34.1 Å². The molecule has 0 aliphatic heterocycles. The second kappa shape index (κ2) is 5.53. The number of aryl methyl sites for hydroxylation is 2. The molecule has 1 N–H and O–H groups in total. The summed E-state index contributed by atoms with van der Waals surface area (Å²) >= 11 is 0. The minimum atomic E-state index is 0.355. The van der Waals surface area contributed by atoms with E-state index in [-0.39, 0.29) is 0 Å². The van der Waals surface area contributed by atoms with E-state index in [1.807, 2.05) is 19.1 Å². The third-order valence-corrected chi connectivity index (χ3v) is 3.76. The van der Waals surface area contributed by atoms with Gasteiger partial charge in [-0.2, -0.15) is 0 Å². The van der Waals surface area contributed by atoms with Crippen LogP contribution in [0, 0.1) is 6.92 Å². The smallest absolute Gasteiger partial charge is 0.237 e. The minimum absolute atomic E-state index is 0.355. The number of aromatic nitrogens is 1. The van der Waals surface area contributed by atoms with Crippen LogP contribution in [-0.2, 0) is 6.42 Å². The van der Waals surface area contributed by atoms with Crippen molar-refractivity contribution in [3.05, 3.63) is 53.2 Å². The van der Waals surface area contributed by atoms with Crippen LogP contribution in [0.5, 0.6) is 5.88 Å². The Morgan fingerprint density at radius 2 is 2.25 bits per heavy atom. The lowest BCUT2D eigenvalue weighted by atomic mass is 10.0. The maximum Gasteiger partial charge on any atom is 0.237 e. The second-order valence-electron chi connectivity index (χ2n) is 5.23. The van der Waals surface area contributed by atoms with Gasteiger partial charge in [-0.25, -0.2) is 4.98 Å². The summed E-state index contributed by atoms with van der Waals surface area (Å²) in [5.74, 6) is 0.691. The zero-order chi connectivity index (χ0) is 13.9. The molecule has 0 spiro atoms. The standard InChI is InChI=1S/C17H20N2O/c1-3-20-17-16(5-4-10-18-17)19-15-9-8-13-7-6-12(2)11-14(13)15/h4-7,10-11,15,19H,3,8-9H2,1-2H3. The van der Waals surface area contributed by atoms with Gasteiger partial charge in [0.15, 0.2) is 0 Å². The van der Waals surface area contributed by atoms with Gasteiger partial charge < -0.3 is 10.1 Å². The summed E-state index contributed by atoms with van der Waals surface area (Å²) in [6, 6.07) is 11.1. The van der Waals surface area contributed by atoms with E-state index in [9.17, 15) is 0 Å². The van der Waals surface area contributed by atoms with E-state index in [0.717, 1.165) is 18.5 Å². The van der Waals surface area contributed by atoms with Crippen LogP contribution in [-0.4, -0.2) is 11.6 Å². The van der Waals surface area contributed by atoms with Gasteiger partial charge in [-0.3, -0.25) is 0 Å². The lowest BCUT2D eigenvalue weighted by molar-refractivity contribution is 0.328. The molecule has 0 amide bonds. The molecule has 1 atom stereocenters. The number of pyridine rings is 1. The fourth-order valence-electron chi connectivity index (χ4n) is 2.81. The van der Waals surface area contributed by atoms with Crippen molar-refractivity contribution in [1.29, 1.82) is 0 Å². The number of rotatable bonds is 4. The minimum Gasteiger partial charge on any atom is -0.476 e. The first kappa shape index (κ1) is 13.0. The Bertz CT molecular complexity index is 610. The molecule has 3 nitrogen and oxygen atoms in total. The molecule has 1 aromatic carbocycles. The van der Waals surface area contributed by atoms with Gasteiger partial charge in [-0.15, -0.1) is 0 Å². The van der Waals surface area contributed by atoms with Crippen LogP contribution in [0.1, 0.15) is 36.1 Å². The van der Waals surface area contributed by atoms with Crippen LogP contribution in [0.15, 0.2) is 36.5 Å². The summed E-state index contributed by atoms with van der Waals surface area (Å²) in [6.45, 7) is 4.75. The van der Waals surface area contributed by atoms with Crippen molar-refractivity contribution in [2.24, 2.45) is 0 Å². The van der Waals surface area contributed by atoms with E-state index in [1.165, 1.54) is 16.7 Å². The molecule has 2 aromatic rings. The van der Waals surface area contributed by atoms with Crippen LogP contribution in [0.25, 0.3) is 0 Å². The Morgan fingerprint density at radius 1 is 1.35 bits per heavy atom. The number of anilines is 1. The van der Waals surface area contributed by atoms with Crippen LogP contribution >= 0.6 is 0 Å². The third-order valence-electron chi connectivity index (χ3n) is 3.76. The number of hydrogen-bond donors (Lipinski definition) is 1. The molecule has 0 saturated heterocycles.